The summed E-state index contributed by atoms with van der Waals surface area (Å²) >= 11 is 0. The van der Waals surface area contributed by atoms with Gasteiger partial charge in [0.1, 0.15) is 59.8 Å². The normalized spacial score (nSPS) is 27.7. The Hall–Kier alpha value is -2.58. The van der Waals surface area contributed by atoms with Gasteiger partial charge in [-0.15, -0.1) is 0 Å². The molecule has 5 rings (SSSR count). The Labute approximate surface area is 249 Å². The third kappa shape index (κ3) is 6.32. The Bertz CT molecular complexity index is 1360. The van der Waals surface area contributed by atoms with Crippen LogP contribution < -0.4 is 15.5 Å². The van der Waals surface area contributed by atoms with Crippen molar-refractivity contribution >= 4 is 16.9 Å². The molecule has 1 amide bonds. The van der Waals surface area contributed by atoms with E-state index in [1.807, 2.05) is 6.92 Å². The number of carbonyl (C=O) groups excluding carboxylic acids is 1. The fourth-order valence-electron chi connectivity index (χ4n) is 6.97. The molecular formula is C31H43NO11. The molecule has 3 heterocycles. The van der Waals surface area contributed by atoms with Crippen LogP contribution in [0.15, 0.2) is 27.4 Å². The molecule has 1 aromatic carbocycles. The SMILES string of the molecule is Cc1cc(=O)c2cc3c(cc2o1)OC(C)(CCC1CNC(=O)C12CCCCC2)C(OOCC(O)C(O)C(O)C(O)CO)C3. The van der Waals surface area contributed by atoms with E-state index in [1.54, 1.807) is 19.1 Å². The number of fused-ring (bicyclic) bond motifs is 2. The van der Waals surface area contributed by atoms with E-state index >= 15 is 0 Å². The van der Waals surface area contributed by atoms with Gasteiger partial charge in [0.2, 0.25) is 5.91 Å². The highest BCUT2D eigenvalue weighted by Crippen LogP contribution is 2.49. The number of hydrogen-bond donors (Lipinski definition) is 6. The molecule has 2 aromatic rings. The average Bonchev–Trinajstić information content (AvgIpc) is 3.28. The van der Waals surface area contributed by atoms with Gasteiger partial charge in [0.25, 0.3) is 0 Å². The van der Waals surface area contributed by atoms with Crippen LogP contribution in [0.4, 0.5) is 0 Å². The van der Waals surface area contributed by atoms with Gasteiger partial charge in [0, 0.05) is 25.1 Å². The molecule has 7 atom stereocenters. The van der Waals surface area contributed by atoms with E-state index in [0.717, 1.165) is 32.1 Å². The third-order valence-electron chi connectivity index (χ3n) is 9.69. The van der Waals surface area contributed by atoms with Gasteiger partial charge >= 0.3 is 0 Å². The van der Waals surface area contributed by atoms with Crippen molar-refractivity contribution in [2.24, 2.45) is 11.3 Å². The first-order valence-electron chi connectivity index (χ1n) is 15.1. The van der Waals surface area contributed by atoms with Crippen LogP contribution in [0, 0.1) is 18.3 Å². The predicted octanol–water partition coefficient (Wildman–Crippen LogP) is 1.02. The van der Waals surface area contributed by atoms with Gasteiger partial charge in [-0.05, 0) is 57.1 Å². The monoisotopic (exact) mass is 605 g/mol. The highest BCUT2D eigenvalue weighted by Gasteiger charge is 2.52. The molecule has 7 unspecified atom stereocenters. The van der Waals surface area contributed by atoms with Crippen LogP contribution >= 0.6 is 0 Å². The molecule has 43 heavy (non-hydrogen) atoms. The van der Waals surface area contributed by atoms with Crippen LogP contribution in [0.5, 0.6) is 5.75 Å². The fraction of sp³-hybridized carbons (Fsp3) is 0.677. The maximum atomic E-state index is 13.0. The first kappa shape index (κ1) is 31.8. The largest absolute Gasteiger partial charge is 0.484 e. The summed E-state index contributed by atoms with van der Waals surface area (Å²) in [6.45, 7) is 2.87. The molecule has 3 aliphatic rings. The summed E-state index contributed by atoms with van der Waals surface area (Å²) in [7, 11) is 0. The lowest BCUT2D eigenvalue weighted by Crippen LogP contribution is -2.52. The summed E-state index contributed by atoms with van der Waals surface area (Å²) in [5.74, 6) is 1.30. The maximum absolute atomic E-state index is 13.0. The molecule has 1 saturated carbocycles. The van der Waals surface area contributed by atoms with Crippen molar-refractivity contribution in [3.63, 3.8) is 0 Å². The van der Waals surface area contributed by atoms with Crippen LogP contribution in [0.25, 0.3) is 11.0 Å². The first-order chi connectivity index (χ1) is 20.5. The summed E-state index contributed by atoms with van der Waals surface area (Å²) in [5.41, 5.74) is -0.374. The van der Waals surface area contributed by atoms with Crippen LogP contribution in [0.1, 0.15) is 63.2 Å². The number of carbonyl (C=O) groups is 1. The van der Waals surface area contributed by atoms with Crippen molar-refractivity contribution in [3.8, 4) is 5.75 Å². The number of benzene rings is 1. The van der Waals surface area contributed by atoms with Crippen molar-refractivity contribution in [1.82, 2.24) is 5.32 Å². The summed E-state index contributed by atoms with van der Waals surface area (Å²) < 4.78 is 12.4. The second kappa shape index (κ2) is 12.8. The number of amides is 1. The van der Waals surface area contributed by atoms with E-state index in [9.17, 15) is 30.0 Å². The van der Waals surface area contributed by atoms with Gasteiger partial charge in [-0.2, -0.15) is 0 Å². The number of ether oxygens (including phenoxy) is 1. The van der Waals surface area contributed by atoms with Crippen LogP contribution in [0.2, 0.25) is 0 Å². The Morgan fingerprint density at radius 2 is 1.77 bits per heavy atom. The highest BCUT2D eigenvalue weighted by atomic mass is 17.2. The Morgan fingerprint density at radius 1 is 1.05 bits per heavy atom. The van der Waals surface area contributed by atoms with Gasteiger partial charge in [-0.3, -0.25) is 9.59 Å². The second-order valence-electron chi connectivity index (χ2n) is 12.6. The number of nitrogens with one attached hydrogen (secondary N) is 1. The second-order valence-corrected chi connectivity index (χ2v) is 12.6. The molecule has 238 valence electrons. The standard InChI is InChI=1S/C31H43NO11/c1-17-10-21(34)20-11-18-12-26(43-40-16-23(36)28(38)27(37)22(35)15-33)30(2,42-24(18)13-25(20)41-17)9-6-19-14-32-29(39)31(19)7-4-3-5-8-31/h10-11,13,19,22-23,26-28,33,35-38H,3-9,12,14-16H2,1-2H3,(H,32,39). The van der Waals surface area contributed by atoms with Gasteiger partial charge < -0.3 is 40.0 Å². The molecule has 1 aromatic heterocycles. The average molecular weight is 606 g/mol. The lowest BCUT2D eigenvalue weighted by molar-refractivity contribution is -0.360. The Kier molecular flexibility index (Phi) is 9.48. The lowest BCUT2D eigenvalue weighted by atomic mass is 9.65. The number of hydrogen-bond acceptors (Lipinski definition) is 11. The van der Waals surface area contributed by atoms with Crippen molar-refractivity contribution in [2.75, 3.05) is 19.8 Å². The van der Waals surface area contributed by atoms with E-state index in [4.69, 9.17) is 24.0 Å². The fourth-order valence-corrected chi connectivity index (χ4v) is 6.97. The molecule has 2 fully saturated rings. The van der Waals surface area contributed by atoms with Gasteiger partial charge in [-0.25, -0.2) is 9.78 Å². The molecule has 6 N–H and O–H groups in total. The molecular weight excluding hydrogens is 562 g/mol. The molecule has 12 nitrogen and oxygen atoms in total. The van der Waals surface area contributed by atoms with Crippen LogP contribution in [-0.4, -0.2) is 87.3 Å². The number of aryl methyl sites for hydroxylation is 1. The molecule has 0 bridgehead atoms. The first-order valence-corrected chi connectivity index (χ1v) is 15.1. The number of aliphatic hydroxyl groups is 5. The van der Waals surface area contributed by atoms with Crippen LogP contribution in [0.3, 0.4) is 0 Å². The van der Waals surface area contributed by atoms with E-state index in [0.29, 0.717) is 53.8 Å². The van der Waals surface area contributed by atoms with Crippen LogP contribution in [-0.2, 0) is 21.0 Å². The van der Waals surface area contributed by atoms with Crippen molar-refractivity contribution < 1.29 is 49.3 Å². The molecule has 1 spiro atoms. The zero-order chi connectivity index (χ0) is 30.9. The van der Waals surface area contributed by atoms with E-state index < -0.39 is 49.3 Å². The minimum absolute atomic E-state index is 0.131. The maximum Gasteiger partial charge on any atom is 0.226 e. The third-order valence-corrected chi connectivity index (χ3v) is 9.69. The van der Waals surface area contributed by atoms with Crippen molar-refractivity contribution in [2.45, 2.75) is 101 Å². The van der Waals surface area contributed by atoms with E-state index in [-0.39, 0.29) is 22.7 Å². The zero-order valence-electron chi connectivity index (χ0n) is 24.7. The summed E-state index contributed by atoms with van der Waals surface area (Å²) in [6, 6.07) is 4.85. The molecule has 1 aliphatic carbocycles. The minimum atomic E-state index is -1.80. The molecule has 12 heteroatoms. The Balaban J connectivity index is 1.36. The van der Waals surface area contributed by atoms with E-state index in [1.165, 1.54) is 6.07 Å². The zero-order valence-corrected chi connectivity index (χ0v) is 24.7. The van der Waals surface area contributed by atoms with Gasteiger partial charge in [0.05, 0.1) is 17.4 Å². The number of aliphatic hydroxyl groups excluding tert-OH is 5. The lowest BCUT2D eigenvalue weighted by Gasteiger charge is -2.43. The number of rotatable bonds is 11. The molecule has 0 radical (unpaired) electrons. The van der Waals surface area contributed by atoms with Crippen molar-refractivity contribution in [3.05, 3.63) is 39.7 Å². The topological polar surface area (TPSA) is 188 Å². The van der Waals surface area contributed by atoms with Gasteiger partial charge in [0.15, 0.2) is 5.43 Å². The highest BCUT2D eigenvalue weighted by molar-refractivity contribution is 5.85. The summed E-state index contributed by atoms with van der Waals surface area (Å²) in [4.78, 5) is 36.8. The molecule has 1 saturated heterocycles. The minimum Gasteiger partial charge on any atom is -0.484 e. The predicted molar refractivity (Wildman–Crippen MR) is 153 cm³/mol. The Morgan fingerprint density at radius 3 is 2.49 bits per heavy atom. The quantitative estimate of drug-likeness (QED) is 0.159. The van der Waals surface area contributed by atoms with E-state index in [2.05, 4.69) is 5.32 Å². The van der Waals surface area contributed by atoms with Gasteiger partial charge in [-0.1, -0.05) is 19.3 Å². The summed E-state index contributed by atoms with van der Waals surface area (Å²) in [6.07, 6.45) is -1.13. The smallest absolute Gasteiger partial charge is 0.226 e. The summed E-state index contributed by atoms with van der Waals surface area (Å²) in [5, 5.41) is 52.5. The van der Waals surface area contributed by atoms with Crippen molar-refractivity contribution in [1.29, 1.82) is 0 Å². The molecule has 2 aliphatic heterocycles.